The van der Waals surface area contributed by atoms with Crippen molar-refractivity contribution < 1.29 is 9.84 Å². The first-order chi connectivity index (χ1) is 16.2. The minimum Gasteiger partial charge on any atom is -0.496 e. The number of piperidine rings is 1. The summed E-state index contributed by atoms with van der Waals surface area (Å²) in [5, 5.41) is 11.1. The molecular weight excluding hydrogens is 412 g/mol. The maximum atomic E-state index is 10.0. The lowest BCUT2D eigenvalue weighted by Crippen LogP contribution is -2.34. The van der Waals surface area contributed by atoms with E-state index >= 15 is 0 Å². The first-order valence-corrected chi connectivity index (χ1v) is 12.3. The molecule has 172 valence electrons. The summed E-state index contributed by atoms with van der Waals surface area (Å²) in [5.74, 6) is 4.12. The Kier molecular flexibility index (Phi) is 5.33. The maximum absolute atomic E-state index is 10.0. The van der Waals surface area contributed by atoms with E-state index in [-0.39, 0.29) is 6.10 Å². The summed E-state index contributed by atoms with van der Waals surface area (Å²) < 4.78 is 5.63. The van der Waals surface area contributed by atoms with Crippen LogP contribution in [-0.4, -0.2) is 54.5 Å². The van der Waals surface area contributed by atoms with Gasteiger partial charge in [0.15, 0.2) is 0 Å². The molecule has 6 heteroatoms. The smallest absolute Gasteiger partial charge is 0.140 e. The topological polar surface area (TPSA) is 61.7 Å². The third-order valence-corrected chi connectivity index (χ3v) is 7.52. The van der Waals surface area contributed by atoms with Gasteiger partial charge in [0.2, 0.25) is 0 Å². The average molecular weight is 445 g/mol. The molecule has 2 saturated heterocycles. The second kappa shape index (κ2) is 8.49. The van der Waals surface area contributed by atoms with Crippen LogP contribution in [0.5, 0.6) is 5.75 Å². The summed E-state index contributed by atoms with van der Waals surface area (Å²) >= 11 is 0. The van der Waals surface area contributed by atoms with Crippen LogP contribution >= 0.6 is 0 Å². The summed E-state index contributed by atoms with van der Waals surface area (Å²) in [7, 11) is 1.76. The molecule has 0 spiro atoms. The van der Waals surface area contributed by atoms with Gasteiger partial charge in [0.1, 0.15) is 17.4 Å². The molecular formula is C27H32N4O2. The fourth-order valence-corrected chi connectivity index (χ4v) is 5.46. The normalized spacial score (nSPS) is 21.7. The average Bonchev–Trinajstić information content (AvgIpc) is 3.63. The summed E-state index contributed by atoms with van der Waals surface area (Å²) in [4.78, 5) is 14.8. The highest BCUT2D eigenvalue weighted by Gasteiger charge is 2.30. The maximum Gasteiger partial charge on any atom is 0.140 e. The van der Waals surface area contributed by atoms with Gasteiger partial charge in [0.25, 0.3) is 0 Å². The summed E-state index contributed by atoms with van der Waals surface area (Å²) in [5.41, 5.74) is 3.52. The van der Waals surface area contributed by atoms with Crippen LogP contribution in [0.25, 0.3) is 10.9 Å². The fourth-order valence-electron chi connectivity index (χ4n) is 5.46. The highest BCUT2D eigenvalue weighted by Crippen LogP contribution is 2.42. The Morgan fingerprint density at radius 2 is 1.67 bits per heavy atom. The van der Waals surface area contributed by atoms with Gasteiger partial charge >= 0.3 is 0 Å². The molecule has 0 amide bonds. The quantitative estimate of drug-likeness (QED) is 0.627. The van der Waals surface area contributed by atoms with Crippen molar-refractivity contribution in [3.05, 3.63) is 53.9 Å². The molecule has 6 nitrogen and oxygen atoms in total. The number of anilines is 2. The van der Waals surface area contributed by atoms with Crippen LogP contribution in [-0.2, 0) is 0 Å². The first-order valence-electron chi connectivity index (χ1n) is 12.3. The van der Waals surface area contributed by atoms with E-state index in [2.05, 4.69) is 46.2 Å². The molecule has 1 aliphatic carbocycles. The molecule has 1 N–H and O–H groups in total. The molecule has 3 aromatic rings. The van der Waals surface area contributed by atoms with E-state index < -0.39 is 0 Å². The van der Waals surface area contributed by atoms with Gasteiger partial charge < -0.3 is 19.6 Å². The van der Waals surface area contributed by atoms with Crippen molar-refractivity contribution in [1.29, 1.82) is 0 Å². The number of aliphatic hydroxyl groups excluding tert-OH is 1. The van der Waals surface area contributed by atoms with Gasteiger partial charge in [-0.3, -0.25) is 0 Å². The van der Waals surface area contributed by atoms with Crippen molar-refractivity contribution in [3.63, 3.8) is 0 Å². The van der Waals surface area contributed by atoms with Crippen LogP contribution in [0.15, 0.2) is 42.5 Å². The zero-order valence-electron chi connectivity index (χ0n) is 19.3. The highest BCUT2D eigenvalue weighted by molar-refractivity contribution is 5.92. The number of hydrogen-bond donors (Lipinski definition) is 1. The number of hydrogen-bond acceptors (Lipinski definition) is 6. The van der Waals surface area contributed by atoms with E-state index in [0.29, 0.717) is 18.4 Å². The van der Waals surface area contributed by atoms with Crippen molar-refractivity contribution >= 4 is 22.4 Å². The van der Waals surface area contributed by atoms with Crippen LogP contribution in [0, 0.1) is 0 Å². The van der Waals surface area contributed by atoms with Crippen LogP contribution in [0.3, 0.4) is 0 Å². The van der Waals surface area contributed by atoms with Crippen LogP contribution in [0.1, 0.15) is 55.3 Å². The molecule has 0 radical (unpaired) electrons. The molecule has 6 rings (SSSR count). The summed E-state index contributed by atoms with van der Waals surface area (Å²) in [6, 6.07) is 15.0. The van der Waals surface area contributed by atoms with E-state index in [4.69, 9.17) is 14.7 Å². The lowest BCUT2D eigenvalue weighted by Gasteiger charge is -2.34. The monoisotopic (exact) mass is 444 g/mol. The van der Waals surface area contributed by atoms with Gasteiger partial charge in [-0.2, -0.15) is 0 Å². The van der Waals surface area contributed by atoms with Crippen LogP contribution < -0.4 is 14.5 Å². The van der Waals surface area contributed by atoms with Gasteiger partial charge in [-0.15, -0.1) is 0 Å². The standard InChI is InChI=1S/C27H32N4O2/c1-33-25-5-3-2-4-22(25)18-10-13-30(14-11-18)27-23-16-20(31-15-12-21(32)17-31)8-9-24(23)28-26(29-27)19-6-7-19/h2-5,8-9,16,18-19,21,32H,6-7,10-15,17H2,1H3/t21-/m0/s1. The number of aliphatic hydroxyl groups is 1. The molecule has 1 atom stereocenters. The van der Waals surface area contributed by atoms with Crippen molar-refractivity contribution in [1.82, 2.24) is 9.97 Å². The summed E-state index contributed by atoms with van der Waals surface area (Å²) in [6.07, 6.45) is 5.17. The molecule has 0 bridgehead atoms. The lowest BCUT2D eigenvalue weighted by atomic mass is 9.88. The van der Waals surface area contributed by atoms with Crippen LogP contribution in [0.4, 0.5) is 11.5 Å². The minimum atomic E-state index is -0.234. The van der Waals surface area contributed by atoms with E-state index in [1.54, 1.807) is 7.11 Å². The Bertz CT molecular complexity index is 1150. The Balaban J connectivity index is 1.31. The second-order valence-corrected chi connectivity index (χ2v) is 9.77. The third-order valence-electron chi connectivity index (χ3n) is 7.52. The second-order valence-electron chi connectivity index (χ2n) is 9.77. The number of para-hydroxylation sites is 1. The Labute approximate surface area is 195 Å². The van der Waals surface area contributed by atoms with Crippen LogP contribution in [0.2, 0.25) is 0 Å². The van der Waals surface area contributed by atoms with Gasteiger partial charge in [-0.25, -0.2) is 9.97 Å². The number of methoxy groups -OCH3 is 1. The Morgan fingerprint density at radius 3 is 2.39 bits per heavy atom. The van der Waals surface area contributed by atoms with Crippen molar-refractivity contribution in [2.24, 2.45) is 0 Å². The van der Waals surface area contributed by atoms with Crippen molar-refractivity contribution in [3.8, 4) is 5.75 Å². The first kappa shape index (κ1) is 20.7. The highest BCUT2D eigenvalue weighted by atomic mass is 16.5. The van der Waals surface area contributed by atoms with E-state index in [1.165, 1.54) is 18.4 Å². The molecule has 2 aromatic carbocycles. The van der Waals surface area contributed by atoms with Crippen molar-refractivity contribution in [2.45, 2.75) is 50.0 Å². The molecule has 2 aliphatic heterocycles. The molecule has 1 aromatic heterocycles. The third kappa shape index (κ3) is 4.01. The molecule has 3 aliphatic rings. The number of benzene rings is 2. The molecule has 3 fully saturated rings. The lowest BCUT2D eigenvalue weighted by molar-refractivity contribution is 0.198. The van der Waals surface area contributed by atoms with Crippen molar-refractivity contribution in [2.75, 3.05) is 43.1 Å². The number of ether oxygens (including phenoxy) is 1. The van der Waals surface area contributed by atoms with Gasteiger partial charge in [-0.05, 0) is 67.9 Å². The Morgan fingerprint density at radius 1 is 0.879 bits per heavy atom. The predicted octanol–water partition coefficient (Wildman–Crippen LogP) is 4.47. The number of fused-ring (bicyclic) bond motifs is 1. The van der Waals surface area contributed by atoms with E-state index in [1.807, 2.05) is 6.07 Å². The van der Waals surface area contributed by atoms with E-state index in [0.717, 1.165) is 72.9 Å². The molecule has 0 unspecified atom stereocenters. The van der Waals surface area contributed by atoms with Gasteiger partial charge in [0.05, 0.1) is 18.7 Å². The number of β-amino-alcohol motifs (C(OH)–C–C–N with tert-alkyl or cyclic N) is 1. The number of nitrogens with zero attached hydrogens (tertiary/aromatic N) is 4. The molecule has 1 saturated carbocycles. The minimum absolute atomic E-state index is 0.234. The predicted molar refractivity (Wildman–Crippen MR) is 132 cm³/mol. The SMILES string of the molecule is COc1ccccc1C1CCN(c2nc(C3CC3)nc3ccc(N4CC[C@H](O)C4)cc23)CC1. The fraction of sp³-hybridized carbons (Fsp3) is 0.481. The number of aromatic nitrogens is 2. The summed E-state index contributed by atoms with van der Waals surface area (Å²) in [6.45, 7) is 3.55. The largest absolute Gasteiger partial charge is 0.496 e. The Hall–Kier alpha value is -2.86. The zero-order valence-corrected chi connectivity index (χ0v) is 19.3. The van der Waals surface area contributed by atoms with Gasteiger partial charge in [0, 0.05) is 43.2 Å². The molecule has 33 heavy (non-hydrogen) atoms. The zero-order chi connectivity index (χ0) is 22.4. The van der Waals surface area contributed by atoms with Gasteiger partial charge in [-0.1, -0.05) is 18.2 Å². The molecule has 3 heterocycles. The van der Waals surface area contributed by atoms with E-state index in [9.17, 15) is 5.11 Å². The number of rotatable bonds is 5.